The average Bonchev–Trinajstić information content (AvgIpc) is 2.50. The third kappa shape index (κ3) is 4.68. The highest BCUT2D eigenvalue weighted by molar-refractivity contribution is 5.88. The van der Waals surface area contributed by atoms with Gasteiger partial charge in [-0.1, -0.05) is 12.1 Å². The highest BCUT2D eigenvalue weighted by atomic mass is 16.5. The number of nitrogens with zero attached hydrogens (tertiary/aromatic N) is 1. The number of para-hydroxylation sites is 2. The standard InChI is InChI=1S/C15H17N3O3/c1-2-20-13-7-3-4-8-14(13)21-11-17-15(19)18-12-6-5-9-16-10-12/h3-10H,2,11H2,1H3,(H2,17,18,19). The number of amides is 2. The van der Waals surface area contributed by atoms with Crippen molar-refractivity contribution in [2.45, 2.75) is 6.92 Å². The molecule has 1 heterocycles. The molecular weight excluding hydrogens is 270 g/mol. The topological polar surface area (TPSA) is 72.5 Å². The Morgan fingerprint density at radius 2 is 1.90 bits per heavy atom. The van der Waals surface area contributed by atoms with Crippen LogP contribution in [-0.4, -0.2) is 24.4 Å². The molecule has 2 aromatic rings. The van der Waals surface area contributed by atoms with E-state index in [-0.39, 0.29) is 12.8 Å². The zero-order valence-electron chi connectivity index (χ0n) is 11.7. The lowest BCUT2D eigenvalue weighted by atomic mass is 10.3. The van der Waals surface area contributed by atoms with Crippen LogP contribution in [0, 0.1) is 0 Å². The summed E-state index contributed by atoms with van der Waals surface area (Å²) >= 11 is 0. The molecule has 0 saturated heterocycles. The second-order valence-electron chi connectivity index (χ2n) is 4.04. The van der Waals surface area contributed by atoms with Crippen molar-refractivity contribution < 1.29 is 14.3 Å². The average molecular weight is 287 g/mol. The van der Waals surface area contributed by atoms with E-state index in [1.807, 2.05) is 25.1 Å². The number of nitrogens with one attached hydrogen (secondary N) is 2. The molecule has 6 nitrogen and oxygen atoms in total. The molecule has 1 aromatic carbocycles. The van der Waals surface area contributed by atoms with Gasteiger partial charge in [-0.25, -0.2) is 4.79 Å². The molecule has 1 aromatic heterocycles. The van der Waals surface area contributed by atoms with Crippen LogP contribution in [0.25, 0.3) is 0 Å². The van der Waals surface area contributed by atoms with Gasteiger partial charge >= 0.3 is 6.03 Å². The maximum atomic E-state index is 11.7. The minimum atomic E-state index is -0.364. The predicted molar refractivity (Wildman–Crippen MR) is 79.5 cm³/mol. The van der Waals surface area contributed by atoms with E-state index in [0.717, 1.165) is 0 Å². The molecule has 2 amide bonds. The zero-order valence-corrected chi connectivity index (χ0v) is 11.7. The molecule has 0 radical (unpaired) electrons. The van der Waals surface area contributed by atoms with Crippen LogP contribution in [0.3, 0.4) is 0 Å². The van der Waals surface area contributed by atoms with Gasteiger partial charge in [0.1, 0.15) is 0 Å². The van der Waals surface area contributed by atoms with Crippen LogP contribution in [0.4, 0.5) is 10.5 Å². The number of hydrogen-bond donors (Lipinski definition) is 2. The third-order valence-corrected chi connectivity index (χ3v) is 2.53. The molecule has 0 aliphatic rings. The number of carbonyl (C=O) groups excluding carboxylic acids is 1. The van der Waals surface area contributed by atoms with Crippen LogP contribution >= 0.6 is 0 Å². The van der Waals surface area contributed by atoms with Crippen molar-refractivity contribution in [2.75, 3.05) is 18.7 Å². The van der Waals surface area contributed by atoms with Gasteiger partial charge in [-0.15, -0.1) is 0 Å². The van der Waals surface area contributed by atoms with Crippen molar-refractivity contribution in [3.63, 3.8) is 0 Å². The van der Waals surface area contributed by atoms with Crippen LogP contribution in [0.2, 0.25) is 0 Å². The molecule has 0 aliphatic carbocycles. The summed E-state index contributed by atoms with van der Waals surface area (Å²) in [4.78, 5) is 15.6. The first-order valence-corrected chi connectivity index (χ1v) is 6.59. The highest BCUT2D eigenvalue weighted by Gasteiger charge is 2.05. The summed E-state index contributed by atoms with van der Waals surface area (Å²) in [5.41, 5.74) is 0.615. The number of hydrogen-bond acceptors (Lipinski definition) is 4. The van der Waals surface area contributed by atoms with E-state index in [4.69, 9.17) is 9.47 Å². The molecule has 0 aliphatic heterocycles. The van der Waals surface area contributed by atoms with E-state index in [9.17, 15) is 4.79 Å². The molecule has 110 valence electrons. The molecular formula is C15H17N3O3. The summed E-state index contributed by atoms with van der Waals surface area (Å²) in [6.45, 7) is 2.49. The van der Waals surface area contributed by atoms with Crippen molar-refractivity contribution in [2.24, 2.45) is 0 Å². The van der Waals surface area contributed by atoms with Crippen LogP contribution in [-0.2, 0) is 0 Å². The SMILES string of the molecule is CCOc1ccccc1OCNC(=O)Nc1cccnc1. The lowest BCUT2D eigenvalue weighted by Gasteiger charge is -2.12. The molecule has 2 N–H and O–H groups in total. The van der Waals surface area contributed by atoms with Gasteiger partial charge in [0.15, 0.2) is 18.2 Å². The Morgan fingerprint density at radius 1 is 1.14 bits per heavy atom. The summed E-state index contributed by atoms with van der Waals surface area (Å²) in [7, 11) is 0. The van der Waals surface area contributed by atoms with Crippen LogP contribution in [0.15, 0.2) is 48.8 Å². The molecule has 0 fully saturated rings. The molecule has 0 saturated carbocycles. The maximum absolute atomic E-state index is 11.7. The Balaban J connectivity index is 1.80. The van der Waals surface area contributed by atoms with Crippen molar-refractivity contribution in [1.82, 2.24) is 10.3 Å². The summed E-state index contributed by atoms with van der Waals surface area (Å²) in [6, 6.07) is 10.4. The van der Waals surface area contributed by atoms with E-state index in [1.54, 1.807) is 30.6 Å². The van der Waals surface area contributed by atoms with E-state index in [2.05, 4.69) is 15.6 Å². The van der Waals surface area contributed by atoms with Crippen molar-refractivity contribution >= 4 is 11.7 Å². The number of pyridine rings is 1. The zero-order chi connectivity index (χ0) is 14.9. The van der Waals surface area contributed by atoms with Crippen molar-refractivity contribution in [3.05, 3.63) is 48.8 Å². The van der Waals surface area contributed by atoms with Crippen LogP contribution in [0.5, 0.6) is 11.5 Å². The lowest BCUT2D eigenvalue weighted by Crippen LogP contribution is -2.32. The number of ether oxygens (including phenoxy) is 2. The number of aromatic nitrogens is 1. The summed E-state index contributed by atoms with van der Waals surface area (Å²) < 4.78 is 10.9. The number of benzene rings is 1. The molecule has 0 unspecified atom stereocenters. The Labute approximate surface area is 123 Å². The predicted octanol–water partition coefficient (Wildman–Crippen LogP) is 2.64. The van der Waals surface area contributed by atoms with Crippen molar-refractivity contribution in [1.29, 1.82) is 0 Å². The molecule has 21 heavy (non-hydrogen) atoms. The smallest absolute Gasteiger partial charge is 0.321 e. The quantitative estimate of drug-likeness (QED) is 0.801. The second-order valence-corrected chi connectivity index (χ2v) is 4.04. The minimum absolute atomic E-state index is 0.0379. The highest BCUT2D eigenvalue weighted by Crippen LogP contribution is 2.25. The summed E-state index contributed by atoms with van der Waals surface area (Å²) in [6.07, 6.45) is 3.20. The fourth-order valence-electron chi connectivity index (χ4n) is 1.64. The fourth-order valence-corrected chi connectivity index (χ4v) is 1.64. The van der Waals surface area contributed by atoms with Crippen molar-refractivity contribution in [3.8, 4) is 11.5 Å². The normalized spacial score (nSPS) is 9.76. The Bertz CT molecular complexity index is 575. The van der Waals surface area contributed by atoms with E-state index < -0.39 is 0 Å². The van der Waals surface area contributed by atoms with E-state index in [1.165, 1.54) is 0 Å². The van der Waals surface area contributed by atoms with Gasteiger partial charge in [-0.05, 0) is 31.2 Å². The van der Waals surface area contributed by atoms with Gasteiger partial charge in [-0.3, -0.25) is 4.98 Å². The number of carbonyl (C=O) groups is 1. The largest absolute Gasteiger partial charge is 0.490 e. The molecule has 6 heteroatoms. The lowest BCUT2D eigenvalue weighted by molar-refractivity contribution is 0.229. The van der Waals surface area contributed by atoms with E-state index >= 15 is 0 Å². The van der Waals surface area contributed by atoms with Gasteiger partial charge in [0.25, 0.3) is 0 Å². The first-order valence-electron chi connectivity index (χ1n) is 6.59. The first-order chi connectivity index (χ1) is 10.3. The molecule has 0 spiro atoms. The fraction of sp³-hybridized carbons (Fsp3) is 0.200. The van der Waals surface area contributed by atoms with E-state index in [0.29, 0.717) is 23.8 Å². The number of urea groups is 1. The van der Waals surface area contributed by atoms with Gasteiger partial charge in [0, 0.05) is 6.20 Å². The summed E-state index contributed by atoms with van der Waals surface area (Å²) in [5, 5.41) is 5.24. The van der Waals surface area contributed by atoms with Gasteiger partial charge in [-0.2, -0.15) is 0 Å². The maximum Gasteiger partial charge on any atom is 0.321 e. The number of anilines is 1. The van der Waals surface area contributed by atoms with Gasteiger partial charge < -0.3 is 20.1 Å². The molecule has 0 bridgehead atoms. The van der Waals surface area contributed by atoms with Crippen LogP contribution < -0.4 is 20.1 Å². The molecule has 2 rings (SSSR count). The first kappa shape index (κ1) is 14.6. The number of rotatable bonds is 6. The molecule has 0 atom stereocenters. The Kier molecular flexibility index (Phi) is 5.40. The Hall–Kier alpha value is -2.76. The van der Waals surface area contributed by atoms with Gasteiger partial charge in [0.05, 0.1) is 18.5 Å². The Morgan fingerprint density at radius 3 is 2.57 bits per heavy atom. The summed E-state index contributed by atoms with van der Waals surface area (Å²) in [5.74, 6) is 1.23. The third-order valence-electron chi connectivity index (χ3n) is 2.53. The minimum Gasteiger partial charge on any atom is -0.490 e. The second kappa shape index (κ2) is 7.74. The monoisotopic (exact) mass is 287 g/mol. The van der Waals surface area contributed by atoms with Gasteiger partial charge in [0.2, 0.25) is 0 Å². The van der Waals surface area contributed by atoms with Crippen LogP contribution in [0.1, 0.15) is 6.92 Å².